The van der Waals surface area contributed by atoms with E-state index in [0.29, 0.717) is 6.54 Å². The van der Waals surface area contributed by atoms with Crippen molar-refractivity contribution in [1.82, 2.24) is 10.6 Å². The van der Waals surface area contributed by atoms with Gasteiger partial charge in [-0.1, -0.05) is 13.3 Å². The first-order valence-electron chi connectivity index (χ1n) is 5.81. The van der Waals surface area contributed by atoms with Crippen molar-refractivity contribution in [3.8, 4) is 0 Å². The maximum absolute atomic E-state index is 12.0. The Morgan fingerprint density at radius 3 is 2.75 bits per heavy atom. The van der Waals surface area contributed by atoms with E-state index in [1.165, 1.54) is 0 Å². The second-order valence-electron chi connectivity index (χ2n) is 4.36. The van der Waals surface area contributed by atoms with Gasteiger partial charge in [-0.05, 0) is 19.4 Å². The zero-order valence-corrected chi connectivity index (χ0v) is 9.71. The molecule has 1 aliphatic rings. The molecule has 1 fully saturated rings. The van der Waals surface area contributed by atoms with Crippen LogP contribution in [0.4, 0.5) is 0 Å². The summed E-state index contributed by atoms with van der Waals surface area (Å²) >= 11 is 0. The van der Waals surface area contributed by atoms with Crippen molar-refractivity contribution in [1.29, 1.82) is 0 Å². The fourth-order valence-electron chi connectivity index (χ4n) is 2.21. The molecule has 1 amide bonds. The molecule has 1 rings (SSSR count). The SMILES string of the molecule is CCCC1(C(=O)NCCC(=O)O)CCNC1. The van der Waals surface area contributed by atoms with Gasteiger partial charge in [-0.3, -0.25) is 9.59 Å². The topological polar surface area (TPSA) is 78.4 Å². The highest BCUT2D eigenvalue weighted by Crippen LogP contribution is 2.31. The Morgan fingerprint density at radius 1 is 1.50 bits per heavy atom. The number of hydrogen-bond acceptors (Lipinski definition) is 3. The molecule has 1 heterocycles. The third-order valence-electron chi connectivity index (χ3n) is 3.08. The molecule has 3 N–H and O–H groups in total. The van der Waals surface area contributed by atoms with Crippen molar-refractivity contribution in [2.45, 2.75) is 32.6 Å². The van der Waals surface area contributed by atoms with E-state index in [0.717, 1.165) is 25.8 Å². The minimum atomic E-state index is -0.880. The van der Waals surface area contributed by atoms with Gasteiger partial charge in [-0.15, -0.1) is 0 Å². The molecule has 0 bridgehead atoms. The van der Waals surface area contributed by atoms with Crippen molar-refractivity contribution in [3.05, 3.63) is 0 Å². The van der Waals surface area contributed by atoms with Crippen LogP contribution in [-0.2, 0) is 9.59 Å². The molecule has 0 saturated carbocycles. The van der Waals surface area contributed by atoms with Crippen molar-refractivity contribution < 1.29 is 14.7 Å². The fourth-order valence-corrected chi connectivity index (χ4v) is 2.21. The van der Waals surface area contributed by atoms with Crippen LogP contribution in [0.5, 0.6) is 0 Å². The van der Waals surface area contributed by atoms with Gasteiger partial charge in [0, 0.05) is 13.1 Å². The van der Waals surface area contributed by atoms with Gasteiger partial charge in [0.2, 0.25) is 5.91 Å². The molecular weight excluding hydrogens is 208 g/mol. The molecular formula is C11H20N2O3. The number of carbonyl (C=O) groups is 2. The Labute approximate surface area is 95.6 Å². The molecule has 1 saturated heterocycles. The van der Waals surface area contributed by atoms with E-state index in [4.69, 9.17) is 5.11 Å². The standard InChI is InChI=1S/C11H20N2O3/c1-2-4-11(5-7-12-8-11)10(16)13-6-3-9(14)15/h12H,2-8H2,1H3,(H,13,16)(H,14,15). The van der Waals surface area contributed by atoms with Crippen molar-refractivity contribution >= 4 is 11.9 Å². The zero-order chi connectivity index (χ0) is 12.0. The summed E-state index contributed by atoms with van der Waals surface area (Å²) in [5, 5.41) is 14.4. The van der Waals surface area contributed by atoms with Crippen LogP contribution in [0.2, 0.25) is 0 Å². The fraction of sp³-hybridized carbons (Fsp3) is 0.818. The molecule has 16 heavy (non-hydrogen) atoms. The summed E-state index contributed by atoms with van der Waals surface area (Å²) in [7, 11) is 0. The Hall–Kier alpha value is -1.10. The van der Waals surface area contributed by atoms with Crippen LogP contribution in [0.15, 0.2) is 0 Å². The van der Waals surface area contributed by atoms with Crippen LogP contribution in [0, 0.1) is 5.41 Å². The van der Waals surface area contributed by atoms with Gasteiger partial charge in [0.05, 0.1) is 11.8 Å². The van der Waals surface area contributed by atoms with Crippen LogP contribution in [0.3, 0.4) is 0 Å². The Balaban J connectivity index is 2.45. The molecule has 1 aliphatic heterocycles. The lowest BCUT2D eigenvalue weighted by molar-refractivity contribution is -0.137. The smallest absolute Gasteiger partial charge is 0.305 e. The third-order valence-corrected chi connectivity index (χ3v) is 3.08. The number of amides is 1. The number of aliphatic carboxylic acids is 1. The molecule has 0 aromatic rings. The summed E-state index contributed by atoms with van der Waals surface area (Å²) in [5.74, 6) is -0.880. The molecule has 1 atom stereocenters. The van der Waals surface area contributed by atoms with E-state index in [1.807, 2.05) is 0 Å². The molecule has 0 radical (unpaired) electrons. The Bertz CT molecular complexity index is 260. The first-order chi connectivity index (χ1) is 7.60. The van der Waals surface area contributed by atoms with E-state index in [1.54, 1.807) is 0 Å². The average Bonchev–Trinajstić information content (AvgIpc) is 2.67. The second kappa shape index (κ2) is 5.84. The maximum Gasteiger partial charge on any atom is 0.305 e. The van der Waals surface area contributed by atoms with E-state index < -0.39 is 5.97 Å². The van der Waals surface area contributed by atoms with Gasteiger partial charge in [0.1, 0.15) is 0 Å². The molecule has 5 nitrogen and oxygen atoms in total. The van der Waals surface area contributed by atoms with Crippen molar-refractivity contribution in [2.75, 3.05) is 19.6 Å². The van der Waals surface area contributed by atoms with E-state index in [9.17, 15) is 9.59 Å². The first kappa shape index (κ1) is 13.0. The van der Waals surface area contributed by atoms with E-state index in [-0.39, 0.29) is 24.3 Å². The highest BCUT2D eigenvalue weighted by Gasteiger charge is 2.39. The number of rotatable bonds is 6. The number of carboxylic acids is 1. The lowest BCUT2D eigenvalue weighted by Crippen LogP contribution is -2.43. The Kier molecular flexibility index (Phi) is 4.73. The quantitative estimate of drug-likeness (QED) is 0.613. The lowest BCUT2D eigenvalue weighted by atomic mass is 9.81. The monoisotopic (exact) mass is 228 g/mol. The number of hydrogen-bond donors (Lipinski definition) is 3. The van der Waals surface area contributed by atoms with Gasteiger partial charge in [0.15, 0.2) is 0 Å². The van der Waals surface area contributed by atoms with Crippen LogP contribution < -0.4 is 10.6 Å². The molecule has 1 unspecified atom stereocenters. The van der Waals surface area contributed by atoms with Gasteiger partial charge in [-0.25, -0.2) is 0 Å². The largest absolute Gasteiger partial charge is 0.481 e. The second-order valence-corrected chi connectivity index (χ2v) is 4.36. The van der Waals surface area contributed by atoms with Crippen molar-refractivity contribution in [2.24, 2.45) is 5.41 Å². The van der Waals surface area contributed by atoms with Gasteiger partial charge in [-0.2, -0.15) is 0 Å². The van der Waals surface area contributed by atoms with Gasteiger partial charge < -0.3 is 15.7 Å². The summed E-state index contributed by atoms with van der Waals surface area (Å²) in [6.07, 6.45) is 2.66. The van der Waals surface area contributed by atoms with Crippen LogP contribution in [-0.4, -0.2) is 36.6 Å². The maximum atomic E-state index is 12.0. The summed E-state index contributed by atoms with van der Waals surface area (Å²) in [4.78, 5) is 22.3. The minimum absolute atomic E-state index is 0.000556. The molecule has 92 valence electrons. The van der Waals surface area contributed by atoms with Crippen LogP contribution >= 0.6 is 0 Å². The van der Waals surface area contributed by atoms with Crippen LogP contribution in [0.25, 0.3) is 0 Å². The molecule has 0 spiro atoms. The molecule has 5 heteroatoms. The molecule has 0 aliphatic carbocycles. The first-order valence-corrected chi connectivity index (χ1v) is 5.81. The van der Waals surface area contributed by atoms with E-state index >= 15 is 0 Å². The average molecular weight is 228 g/mol. The minimum Gasteiger partial charge on any atom is -0.481 e. The summed E-state index contributed by atoms with van der Waals surface area (Å²) in [5.41, 5.74) is -0.312. The predicted octanol–water partition coefficient (Wildman–Crippen LogP) is 0.357. The molecule has 0 aromatic heterocycles. The number of carbonyl (C=O) groups excluding carboxylic acids is 1. The van der Waals surface area contributed by atoms with E-state index in [2.05, 4.69) is 17.6 Å². The summed E-state index contributed by atoms with van der Waals surface area (Å²) in [6, 6.07) is 0. The van der Waals surface area contributed by atoms with Gasteiger partial charge >= 0.3 is 5.97 Å². The number of nitrogens with one attached hydrogen (secondary N) is 2. The van der Waals surface area contributed by atoms with Gasteiger partial charge in [0.25, 0.3) is 0 Å². The molecule has 0 aromatic carbocycles. The predicted molar refractivity (Wildman–Crippen MR) is 60.1 cm³/mol. The normalized spacial score (nSPS) is 24.3. The number of carboxylic acid groups (broad SMARTS) is 1. The lowest BCUT2D eigenvalue weighted by Gasteiger charge is -2.26. The Morgan fingerprint density at radius 2 is 2.25 bits per heavy atom. The highest BCUT2D eigenvalue weighted by molar-refractivity contribution is 5.83. The highest BCUT2D eigenvalue weighted by atomic mass is 16.4. The van der Waals surface area contributed by atoms with Crippen molar-refractivity contribution in [3.63, 3.8) is 0 Å². The third kappa shape index (κ3) is 3.20. The van der Waals surface area contributed by atoms with Crippen LogP contribution in [0.1, 0.15) is 32.6 Å². The summed E-state index contributed by atoms with van der Waals surface area (Å²) in [6.45, 7) is 3.86. The summed E-state index contributed by atoms with van der Waals surface area (Å²) < 4.78 is 0. The zero-order valence-electron chi connectivity index (χ0n) is 9.71.